The van der Waals surface area contributed by atoms with Gasteiger partial charge in [-0.15, -0.1) is 5.92 Å². The van der Waals surface area contributed by atoms with Crippen LogP contribution in [0.1, 0.15) is 68.8 Å². The van der Waals surface area contributed by atoms with E-state index in [-0.39, 0.29) is 11.2 Å². The average Bonchev–Trinajstić information content (AvgIpc) is 2.41. The first-order chi connectivity index (χ1) is 9.97. The molecule has 0 bridgehead atoms. The summed E-state index contributed by atoms with van der Waals surface area (Å²) in [4.78, 5) is 12.2. The van der Waals surface area contributed by atoms with Gasteiger partial charge in [-0.3, -0.25) is 4.79 Å². The second kappa shape index (κ2) is 6.94. The van der Waals surface area contributed by atoms with Crippen LogP contribution in [0.3, 0.4) is 0 Å². The molecule has 1 aromatic carbocycles. The molecule has 0 N–H and O–H groups in total. The minimum absolute atomic E-state index is 0.208. The molecule has 0 aliphatic heterocycles. The molecule has 21 heavy (non-hydrogen) atoms. The SMILES string of the molecule is CC(C)(C)C(=O)c1ccc(CC2C#CCCCCC2)cc1. The van der Waals surface area contributed by atoms with Crippen LogP contribution in [-0.2, 0) is 6.42 Å². The average molecular weight is 282 g/mol. The first-order valence-corrected chi connectivity index (χ1v) is 8.09. The molecule has 2 rings (SSSR count). The molecule has 0 saturated carbocycles. The second-order valence-corrected chi connectivity index (χ2v) is 7.10. The van der Waals surface area contributed by atoms with Crippen molar-refractivity contribution in [2.45, 2.75) is 59.3 Å². The number of benzene rings is 1. The summed E-state index contributed by atoms with van der Waals surface area (Å²) in [6, 6.07) is 8.14. The van der Waals surface area contributed by atoms with Gasteiger partial charge in [-0.05, 0) is 24.8 Å². The number of ketones is 1. The second-order valence-electron chi connectivity index (χ2n) is 7.10. The highest BCUT2D eigenvalue weighted by Gasteiger charge is 2.22. The zero-order valence-corrected chi connectivity index (χ0v) is 13.5. The minimum Gasteiger partial charge on any atom is -0.294 e. The highest BCUT2D eigenvalue weighted by Crippen LogP contribution is 2.22. The first-order valence-electron chi connectivity index (χ1n) is 8.09. The van der Waals surface area contributed by atoms with Gasteiger partial charge < -0.3 is 0 Å². The Morgan fingerprint density at radius 3 is 2.52 bits per heavy atom. The van der Waals surface area contributed by atoms with E-state index >= 15 is 0 Å². The lowest BCUT2D eigenvalue weighted by Gasteiger charge is -2.17. The third-order valence-corrected chi connectivity index (χ3v) is 4.04. The van der Waals surface area contributed by atoms with Crippen LogP contribution < -0.4 is 0 Å². The van der Waals surface area contributed by atoms with Gasteiger partial charge in [0, 0.05) is 23.3 Å². The van der Waals surface area contributed by atoms with Gasteiger partial charge in [0.15, 0.2) is 5.78 Å². The van der Waals surface area contributed by atoms with Crippen LogP contribution in [0.25, 0.3) is 0 Å². The summed E-state index contributed by atoms with van der Waals surface area (Å²) in [5, 5.41) is 0. The van der Waals surface area contributed by atoms with Gasteiger partial charge in [0.25, 0.3) is 0 Å². The lowest BCUT2D eigenvalue weighted by Crippen LogP contribution is -2.20. The van der Waals surface area contributed by atoms with E-state index in [1.807, 2.05) is 32.9 Å². The number of hydrogen-bond acceptors (Lipinski definition) is 1. The molecule has 0 fully saturated rings. The standard InChI is InChI=1S/C20H26O/c1-20(2,3)19(21)18-13-11-17(12-14-18)15-16-9-7-5-4-6-8-10-16/h11-14,16H,4-7,9,15H2,1-3H3. The molecule has 0 heterocycles. The fourth-order valence-electron chi connectivity index (χ4n) is 2.73. The van der Waals surface area contributed by atoms with Crippen LogP contribution >= 0.6 is 0 Å². The van der Waals surface area contributed by atoms with Crippen molar-refractivity contribution in [1.29, 1.82) is 0 Å². The van der Waals surface area contributed by atoms with Crippen molar-refractivity contribution < 1.29 is 4.79 Å². The van der Waals surface area contributed by atoms with E-state index in [1.54, 1.807) is 0 Å². The van der Waals surface area contributed by atoms with E-state index in [0.29, 0.717) is 5.92 Å². The van der Waals surface area contributed by atoms with Gasteiger partial charge >= 0.3 is 0 Å². The van der Waals surface area contributed by atoms with Gasteiger partial charge in [-0.1, -0.05) is 63.8 Å². The Hall–Kier alpha value is -1.55. The van der Waals surface area contributed by atoms with Crippen molar-refractivity contribution in [2.75, 3.05) is 0 Å². The van der Waals surface area contributed by atoms with Crippen molar-refractivity contribution >= 4 is 5.78 Å². The largest absolute Gasteiger partial charge is 0.294 e. The van der Waals surface area contributed by atoms with E-state index < -0.39 is 0 Å². The predicted octanol–water partition coefficient (Wildman–Crippen LogP) is 5.04. The molecule has 1 unspecified atom stereocenters. The molecule has 0 aromatic heterocycles. The molecular formula is C20H26O. The van der Waals surface area contributed by atoms with Crippen LogP contribution in [0.15, 0.2) is 24.3 Å². The molecule has 1 atom stereocenters. The zero-order valence-electron chi connectivity index (χ0n) is 13.5. The Kier molecular flexibility index (Phi) is 5.23. The molecule has 0 saturated heterocycles. The highest BCUT2D eigenvalue weighted by atomic mass is 16.1. The summed E-state index contributed by atoms with van der Waals surface area (Å²) in [5.74, 6) is 7.41. The predicted molar refractivity (Wildman–Crippen MR) is 88.3 cm³/mol. The van der Waals surface area contributed by atoms with E-state index in [4.69, 9.17) is 0 Å². The molecule has 0 radical (unpaired) electrons. The Morgan fingerprint density at radius 1 is 1.14 bits per heavy atom. The van der Waals surface area contributed by atoms with Crippen molar-refractivity contribution in [3.05, 3.63) is 35.4 Å². The van der Waals surface area contributed by atoms with E-state index in [0.717, 1.165) is 18.4 Å². The Balaban J connectivity index is 2.03. The maximum atomic E-state index is 12.2. The van der Waals surface area contributed by atoms with Gasteiger partial charge in [0.1, 0.15) is 0 Å². The summed E-state index contributed by atoms with van der Waals surface area (Å²) in [6.45, 7) is 5.90. The van der Waals surface area contributed by atoms with Gasteiger partial charge in [-0.25, -0.2) is 0 Å². The fourth-order valence-corrected chi connectivity index (χ4v) is 2.73. The number of carbonyl (C=O) groups is 1. The molecule has 0 amide bonds. The summed E-state index contributed by atoms with van der Waals surface area (Å²) >= 11 is 0. The van der Waals surface area contributed by atoms with Crippen molar-refractivity contribution in [3.63, 3.8) is 0 Å². The Morgan fingerprint density at radius 2 is 1.86 bits per heavy atom. The highest BCUT2D eigenvalue weighted by molar-refractivity contribution is 5.99. The maximum Gasteiger partial charge on any atom is 0.168 e. The fraction of sp³-hybridized carbons (Fsp3) is 0.550. The normalized spacial score (nSPS) is 19.1. The van der Waals surface area contributed by atoms with Crippen LogP contribution in [0.5, 0.6) is 0 Å². The molecule has 1 aromatic rings. The van der Waals surface area contributed by atoms with Crippen LogP contribution in [0, 0.1) is 23.2 Å². The maximum absolute atomic E-state index is 12.2. The quantitative estimate of drug-likeness (QED) is 0.560. The van der Waals surface area contributed by atoms with Crippen molar-refractivity contribution in [1.82, 2.24) is 0 Å². The summed E-state index contributed by atoms with van der Waals surface area (Å²) in [7, 11) is 0. The minimum atomic E-state index is -0.313. The van der Waals surface area contributed by atoms with Crippen LogP contribution in [-0.4, -0.2) is 5.78 Å². The first kappa shape index (κ1) is 15.8. The van der Waals surface area contributed by atoms with Gasteiger partial charge in [-0.2, -0.15) is 0 Å². The molecule has 1 aliphatic carbocycles. The number of rotatable bonds is 3. The Labute approximate surface area is 129 Å². The van der Waals surface area contributed by atoms with Crippen molar-refractivity contribution in [2.24, 2.45) is 11.3 Å². The topological polar surface area (TPSA) is 17.1 Å². The zero-order chi connectivity index (χ0) is 15.3. The monoisotopic (exact) mass is 282 g/mol. The molecular weight excluding hydrogens is 256 g/mol. The van der Waals surface area contributed by atoms with Gasteiger partial charge in [0.05, 0.1) is 0 Å². The summed E-state index contributed by atoms with van der Waals surface area (Å²) in [6.07, 6.45) is 7.12. The lowest BCUT2D eigenvalue weighted by molar-refractivity contribution is 0.0858. The number of carbonyl (C=O) groups excluding carboxylic acids is 1. The molecule has 1 aliphatic rings. The molecule has 112 valence electrons. The molecule has 0 spiro atoms. The third-order valence-electron chi connectivity index (χ3n) is 4.04. The summed E-state index contributed by atoms with van der Waals surface area (Å²) in [5.41, 5.74) is 1.79. The van der Waals surface area contributed by atoms with Gasteiger partial charge in [0.2, 0.25) is 0 Å². The lowest BCUT2D eigenvalue weighted by atomic mass is 9.85. The third kappa shape index (κ3) is 4.74. The molecule has 1 heteroatoms. The van der Waals surface area contributed by atoms with E-state index in [2.05, 4.69) is 24.0 Å². The molecule has 1 nitrogen and oxygen atoms in total. The van der Waals surface area contributed by atoms with E-state index in [1.165, 1.54) is 31.2 Å². The van der Waals surface area contributed by atoms with Crippen molar-refractivity contribution in [3.8, 4) is 11.8 Å². The van der Waals surface area contributed by atoms with Crippen LogP contribution in [0.4, 0.5) is 0 Å². The van der Waals surface area contributed by atoms with E-state index in [9.17, 15) is 4.79 Å². The Bertz CT molecular complexity index is 534. The summed E-state index contributed by atoms with van der Waals surface area (Å²) < 4.78 is 0. The van der Waals surface area contributed by atoms with Crippen LogP contribution in [0.2, 0.25) is 0 Å². The number of hydrogen-bond donors (Lipinski definition) is 0. The number of Topliss-reactive ketones (excluding diaryl/α,β-unsaturated/α-hetero) is 1. The smallest absolute Gasteiger partial charge is 0.168 e.